The highest BCUT2D eigenvalue weighted by Crippen LogP contribution is 2.21. The maximum Gasteiger partial charge on any atom is 0.132 e. The Labute approximate surface area is 100 Å². The summed E-state index contributed by atoms with van der Waals surface area (Å²) < 4.78 is 15.6. The minimum Gasteiger partial charge on any atom is -0.313 e. The van der Waals surface area contributed by atoms with E-state index in [-0.39, 0.29) is 5.82 Å². The number of aromatic nitrogens is 2. The van der Waals surface area contributed by atoms with Crippen molar-refractivity contribution in [1.29, 1.82) is 0 Å². The fourth-order valence-corrected chi connectivity index (χ4v) is 1.70. The summed E-state index contributed by atoms with van der Waals surface area (Å²) in [6, 6.07) is 7.08. The van der Waals surface area contributed by atoms with Crippen LogP contribution in [0.25, 0.3) is 11.3 Å². The smallest absolute Gasteiger partial charge is 0.132 e. The van der Waals surface area contributed by atoms with E-state index in [0.717, 1.165) is 12.1 Å². The standard InChI is InChI=1S/C13H16FN3/c1-3-15-9-10-4-5-11(12(14)8-10)13-6-7-17(2)16-13/h4-8,15H,3,9H2,1-2H3. The van der Waals surface area contributed by atoms with Gasteiger partial charge in [0.25, 0.3) is 0 Å². The van der Waals surface area contributed by atoms with Gasteiger partial charge >= 0.3 is 0 Å². The van der Waals surface area contributed by atoms with Gasteiger partial charge in [-0.05, 0) is 30.3 Å². The first-order valence-corrected chi connectivity index (χ1v) is 5.70. The monoisotopic (exact) mass is 233 g/mol. The van der Waals surface area contributed by atoms with Crippen molar-refractivity contribution in [3.8, 4) is 11.3 Å². The molecular formula is C13H16FN3. The van der Waals surface area contributed by atoms with Gasteiger partial charge in [0, 0.05) is 25.4 Å². The molecule has 0 atom stereocenters. The Morgan fingerprint density at radius 1 is 1.35 bits per heavy atom. The van der Waals surface area contributed by atoms with Crippen molar-refractivity contribution in [2.24, 2.45) is 7.05 Å². The maximum absolute atomic E-state index is 13.9. The van der Waals surface area contributed by atoms with E-state index in [9.17, 15) is 4.39 Å². The molecule has 3 nitrogen and oxygen atoms in total. The first-order chi connectivity index (χ1) is 8.20. The number of rotatable bonds is 4. The fraction of sp³-hybridized carbons (Fsp3) is 0.308. The van der Waals surface area contributed by atoms with Crippen LogP contribution in [0.15, 0.2) is 30.5 Å². The molecule has 4 heteroatoms. The molecule has 1 N–H and O–H groups in total. The second kappa shape index (κ2) is 5.10. The predicted octanol–water partition coefficient (Wildman–Crippen LogP) is 2.34. The summed E-state index contributed by atoms with van der Waals surface area (Å²) in [7, 11) is 1.82. The molecule has 0 amide bonds. The minimum absolute atomic E-state index is 0.223. The lowest BCUT2D eigenvalue weighted by molar-refractivity contribution is 0.624. The van der Waals surface area contributed by atoms with Crippen LogP contribution in [0.5, 0.6) is 0 Å². The highest BCUT2D eigenvalue weighted by molar-refractivity contribution is 5.59. The Kier molecular flexibility index (Phi) is 3.54. The average molecular weight is 233 g/mol. The maximum atomic E-state index is 13.9. The summed E-state index contributed by atoms with van der Waals surface area (Å²) >= 11 is 0. The quantitative estimate of drug-likeness (QED) is 0.878. The molecule has 0 radical (unpaired) electrons. The van der Waals surface area contributed by atoms with Gasteiger partial charge in [-0.3, -0.25) is 4.68 Å². The lowest BCUT2D eigenvalue weighted by Crippen LogP contribution is -2.11. The molecule has 90 valence electrons. The van der Waals surface area contributed by atoms with Crippen LogP contribution in [-0.4, -0.2) is 16.3 Å². The number of nitrogens with zero attached hydrogens (tertiary/aromatic N) is 2. The van der Waals surface area contributed by atoms with Crippen molar-refractivity contribution in [2.45, 2.75) is 13.5 Å². The molecule has 0 saturated carbocycles. The van der Waals surface area contributed by atoms with E-state index in [2.05, 4.69) is 10.4 Å². The van der Waals surface area contributed by atoms with Gasteiger partial charge in [-0.1, -0.05) is 13.0 Å². The van der Waals surface area contributed by atoms with Gasteiger partial charge < -0.3 is 5.32 Å². The normalized spacial score (nSPS) is 10.8. The second-order valence-electron chi connectivity index (χ2n) is 3.97. The summed E-state index contributed by atoms with van der Waals surface area (Å²) in [6.45, 7) is 3.60. The number of halogens is 1. The van der Waals surface area contributed by atoms with Gasteiger partial charge in [0.15, 0.2) is 0 Å². The lowest BCUT2D eigenvalue weighted by Gasteiger charge is -2.05. The van der Waals surface area contributed by atoms with Crippen LogP contribution in [0.1, 0.15) is 12.5 Å². The van der Waals surface area contributed by atoms with Gasteiger partial charge in [0.1, 0.15) is 5.82 Å². The molecule has 17 heavy (non-hydrogen) atoms. The molecule has 1 heterocycles. The van der Waals surface area contributed by atoms with Gasteiger partial charge in [-0.2, -0.15) is 5.10 Å². The molecule has 2 rings (SSSR count). The molecule has 0 bridgehead atoms. The van der Waals surface area contributed by atoms with E-state index in [0.29, 0.717) is 17.8 Å². The number of benzene rings is 1. The predicted molar refractivity (Wildman–Crippen MR) is 66.0 cm³/mol. The Hall–Kier alpha value is -1.68. The molecule has 0 aliphatic rings. The van der Waals surface area contributed by atoms with Crippen molar-refractivity contribution >= 4 is 0 Å². The molecule has 0 fully saturated rings. The Morgan fingerprint density at radius 2 is 2.18 bits per heavy atom. The average Bonchev–Trinajstić information content (AvgIpc) is 2.73. The first-order valence-electron chi connectivity index (χ1n) is 5.70. The zero-order chi connectivity index (χ0) is 12.3. The third-order valence-electron chi connectivity index (χ3n) is 2.60. The number of nitrogens with one attached hydrogen (secondary N) is 1. The van der Waals surface area contributed by atoms with E-state index in [1.165, 1.54) is 0 Å². The van der Waals surface area contributed by atoms with Crippen molar-refractivity contribution in [1.82, 2.24) is 15.1 Å². The molecule has 0 aliphatic carbocycles. The summed E-state index contributed by atoms with van der Waals surface area (Å²) in [5.74, 6) is -0.223. The van der Waals surface area contributed by atoms with E-state index in [1.807, 2.05) is 26.1 Å². The van der Waals surface area contributed by atoms with Crippen LogP contribution in [0.4, 0.5) is 4.39 Å². The van der Waals surface area contributed by atoms with Crippen molar-refractivity contribution in [3.05, 3.63) is 41.8 Å². The van der Waals surface area contributed by atoms with Gasteiger partial charge in [-0.25, -0.2) is 4.39 Å². The molecular weight excluding hydrogens is 217 g/mol. The molecule has 2 aromatic rings. The summed E-state index contributed by atoms with van der Waals surface area (Å²) in [5.41, 5.74) is 2.16. The van der Waals surface area contributed by atoms with Gasteiger partial charge in [0.05, 0.1) is 5.69 Å². The topological polar surface area (TPSA) is 29.9 Å². The molecule has 0 aliphatic heterocycles. The second-order valence-corrected chi connectivity index (χ2v) is 3.97. The molecule has 0 saturated heterocycles. The number of hydrogen-bond donors (Lipinski definition) is 1. The van der Waals surface area contributed by atoms with Crippen molar-refractivity contribution in [3.63, 3.8) is 0 Å². The number of hydrogen-bond acceptors (Lipinski definition) is 2. The van der Waals surface area contributed by atoms with Crippen LogP contribution in [0.3, 0.4) is 0 Å². The zero-order valence-electron chi connectivity index (χ0n) is 10.1. The van der Waals surface area contributed by atoms with Crippen LogP contribution in [-0.2, 0) is 13.6 Å². The molecule has 1 aromatic heterocycles. The first kappa shape index (κ1) is 11.8. The van der Waals surface area contributed by atoms with E-state index >= 15 is 0 Å². The van der Waals surface area contributed by atoms with Crippen LogP contribution >= 0.6 is 0 Å². The Bertz CT molecular complexity index is 505. The van der Waals surface area contributed by atoms with E-state index in [1.54, 1.807) is 23.0 Å². The third kappa shape index (κ3) is 2.71. The fourth-order valence-electron chi connectivity index (χ4n) is 1.70. The third-order valence-corrected chi connectivity index (χ3v) is 2.60. The van der Waals surface area contributed by atoms with E-state index in [4.69, 9.17) is 0 Å². The summed E-state index contributed by atoms with van der Waals surface area (Å²) in [4.78, 5) is 0. The van der Waals surface area contributed by atoms with E-state index < -0.39 is 0 Å². The lowest BCUT2D eigenvalue weighted by atomic mass is 10.1. The van der Waals surface area contributed by atoms with Gasteiger partial charge in [0.2, 0.25) is 0 Å². The van der Waals surface area contributed by atoms with Crippen LogP contribution in [0.2, 0.25) is 0 Å². The van der Waals surface area contributed by atoms with Crippen molar-refractivity contribution in [2.75, 3.05) is 6.54 Å². The Balaban J connectivity index is 2.25. The minimum atomic E-state index is -0.223. The van der Waals surface area contributed by atoms with Crippen LogP contribution in [0, 0.1) is 5.82 Å². The van der Waals surface area contributed by atoms with Gasteiger partial charge in [-0.15, -0.1) is 0 Å². The highest BCUT2D eigenvalue weighted by atomic mass is 19.1. The zero-order valence-corrected chi connectivity index (χ0v) is 10.1. The largest absolute Gasteiger partial charge is 0.313 e. The summed E-state index contributed by atoms with van der Waals surface area (Å²) in [5, 5.41) is 7.36. The summed E-state index contributed by atoms with van der Waals surface area (Å²) in [6.07, 6.45) is 1.81. The van der Waals surface area contributed by atoms with Crippen molar-refractivity contribution < 1.29 is 4.39 Å². The van der Waals surface area contributed by atoms with Crippen LogP contribution < -0.4 is 5.32 Å². The molecule has 0 spiro atoms. The Morgan fingerprint density at radius 3 is 2.76 bits per heavy atom. The highest BCUT2D eigenvalue weighted by Gasteiger charge is 2.08. The SMILES string of the molecule is CCNCc1ccc(-c2ccn(C)n2)c(F)c1. The molecule has 1 aromatic carbocycles. The number of aryl methyl sites for hydroxylation is 1. The molecule has 0 unspecified atom stereocenters.